The van der Waals surface area contributed by atoms with Crippen molar-refractivity contribution in [3.8, 4) is 5.69 Å². The van der Waals surface area contributed by atoms with Crippen LogP contribution in [-0.4, -0.2) is 22.2 Å². The molecule has 2 aromatic carbocycles. The minimum absolute atomic E-state index is 0.112. The van der Waals surface area contributed by atoms with Gasteiger partial charge in [-0.1, -0.05) is 40.2 Å². The number of hydrogen-bond acceptors (Lipinski definition) is 3. The van der Waals surface area contributed by atoms with Crippen LogP contribution in [0.5, 0.6) is 0 Å². The van der Waals surface area contributed by atoms with E-state index in [9.17, 15) is 4.79 Å². The quantitative estimate of drug-likeness (QED) is 0.673. The fourth-order valence-electron chi connectivity index (χ4n) is 2.61. The number of nitrogens with one attached hydrogen (secondary N) is 2. The first-order valence-electron chi connectivity index (χ1n) is 7.95. The first-order valence-corrected chi connectivity index (χ1v) is 8.75. The number of nitrogens with zero attached hydrogens (tertiary/aromatic N) is 2. The summed E-state index contributed by atoms with van der Waals surface area (Å²) < 4.78 is 2.81. The molecule has 6 heteroatoms. The van der Waals surface area contributed by atoms with E-state index in [1.165, 1.54) is 0 Å². The Morgan fingerprint density at radius 2 is 1.88 bits per heavy atom. The minimum Gasteiger partial charge on any atom is -0.376 e. The molecule has 3 aromatic rings. The lowest BCUT2D eigenvalue weighted by Gasteiger charge is -2.09. The lowest BCUT2D eigenvalue weighted by molar-refractivity contribution is -0.114. The van der Waals surface area contributed by atoms with Crippen molar-refractivity contribution in [2.75, 3.05) is 17.2 Å². The molecule has 0 unspecified atom stereocenters. The monoisotopic (exact) mass is 398 g/mol. The maximum atomic E-state index is 12.3. The average Bonchev–Trinajstić information content (AvgIpc) is 2.89. The number of halogens is 1. The summed E-state index contributed by atoms with van der Waals surface area (Å²) in [5, 5.41) is 10.6. The molecule has 1 aromatic heterocycles. The number of benzene rings is 2. The number of amides is 1. The molecule has 2 N–H and O–H groups in total. The third kappa shape index (κ3) is 4.09. The summed E-state index contributed by atoms with van der Waals surface area (Å²) >= 11 is 3.42. The third-order valence-electron chi connectivity index (χ3n) is 3.83. The Bertz CT molecular complexity index is 890. The van der Waals surface area contributed by atoms with Gasteiger partial charge < -0.3 is 10.6 Å². The number of carbonyl (C=O) groups is 1. The highest BCUT2D eigenvalue weighted by Crippen LogP contribution is 2.22. The van der Waals surface area contributed by atoms with Gasteiger partial charge in [0.05, 0.1) is 29.3 Å². The van der Waals surface area contributed by atoms with E-state index in [-0.39, 0.29) is 12.5 Å². The number of hydrogen-bond donors (Lipinski definition) is 2. The van der Waals surface area contributed by atoms with Crippen LogP contribution in [0.1, 0.15) is 11.4 Å². The van der Waals surface area contributed by atoms with Crippen molar-refractivity contribution >= 4 is 33.2 Å². The predicted octanol–water partition coefficient (Wildman–Crippen LogP) is 4.30. The van der Waals surface area contributed by atoms with Crippen LogP contribution >= 0.6 is 15.9 Å². The van der Waals surface area contributed by atoms with Crippen molar-refractivity contribution < 1.29 is 4.79 Å². The average molecular weight is 399 g/mol. The summed E-state index contributed by atoms with van der Waals surface area (Å²) in [6.45, 7) is 4.03. The standard InChI is InChI=1S/C19H19BrN4O/c1-13-19(14(2)24(23-13)17-9-4-3-5-10-17)22-18(25)12-21-16-8-6-7-15(20)11-16/h3-11,21H,12H2,1-2H3,(H,22,25). The van der Waals surface area contributed by atoms with Gasteiger partial charge in [-0.2, -0.15) is 5.10 Å². The molecule has 5 nitrogen and oxygen atoms in total. The van der Waals surface area contributed by atoms with Gasteiger partial charge in [0.2, 0.25) is 5.91 Å². The summed E-state index contributed by atoms with van der Waals surface area (Å²) in [6, 6.07) is 17.6. The highest BCUT2D eigenvalue weighted by atomic mass is 79.9. The Morgan fingerprint density at radius 1 is 1.12 bits per heavy atom. The van der Waals surface area contributed by atoms with Crippen LogP contribution < -0.4 is 10.6 Å². The van der Waals surface area contributed by atoms with Crippen LogP contribution in [0.2, 0.25) is 0 Å². The fraction of sp³-hybridized carbons (Fsp3) is 0.158. The van der Waals surface area contributed by atoms with Crippen LogP contribution in [0.15, 0.2) is 59.1 Å². The molecule has 0 saturated heterocycles. The molecule has 128 valence electrons. The molecule has 0 spiro atoms. The summed E-state index contributed by atoms with van der Waals surface area (Å²) in [7, 11) is 0. The first-order chi connectivity index (χ1) is 12.0. The first kappa shape index (κ1) is 17.2. The predicted molar refractivity (Wildman–Crippen MR) is 104 cm³/mol. The van der Waals surface area contributed by atoms with E-state index in [2.05, 4.69) is 31.7 Å². The Hall–Kier alpha value is -2.60. The van der Waals surface area contributed by atoms with Crippen LogP contribution in [0, 0.1) is 13.8 Å². The van der Waals surface area contributed by atoms with Gasteiger partial charge in [-0.15, -0.1) is 0 Å². The molecule has 0 saturated carbocycles. The van der Waals surface area contributed by atoms with Crippen molar-refractivity contribution in [1.82, 2.24) is 9.78 Å². The molecule has 0 fully saturated rings. The van der Waals surface area contributed by atoms with Gasteiger partial charge in [-0.25, -0.2) is 4.68 Å². The summed E-state index contributed by atoms with van der Waals surface area (Å²) in [6.07, 6.45) is 0. The Kier molecular flexibility index (Phi) is 5.19. The maximum Gasteiger partial charge on any atom is 0.243 e. The number of anilines is 2. The summed E-state index contributed by atoms with van der Waals surface area (Å²) in [5.41, 5.74) is 4.30. The van der Waals surface area contributed by atoms with Crippen molar-refractivity contribution in [3.63, 3.8) is 0 Å². The van der Waals surface area contributed by atoms with Crippen molar-refractivity contribution in [3.05, 3.63) is 70.5 Å². The largest absolute Gasteiger partial charge is 0.376 e. The van der Waals surface area contributed by atoms with E-state index >= 15 is 0 Å². The van der Waals surface area contributed by atoms with Gasteiger partial charge in [0, 0.05) is 10.2 Å². The molecule has 0 atom stereocenters. The molecule has 1 amide bonds. The fourth-order valence-corrected chi connectivity index (χ4v) is 3.01. The Labute approximate surface area is 155 Å². The van der Waals surface area contributed by atoms with E-state index in [0.29, 0.717) is 0 Å². The molecule has 0 radical (unpaired) electrons. The molecule has 25 heavy (non-hydrogen) atoms. The maximum absolute atomic E-state index is 12.3. The second-order valence-corrected chi connectivity index (χ2v) is 6.62. The van der Waals surface area contributed by atoms with Crippen molar-refractivity contribution in [2.24, 2.45) is 0 Å². The molecular weight excluding hydrogens is 380 g/mol. The number of carbonyl (C=O) groups excluding carboxylic acids is 1. The second-order valence-electron chi connectivity index (χ2n) is 5.71. The van der Waals surface area contributed by atoms with Gasteiger partial charge in [-0.05, 0) is 44.2 Å². The van der Waals surface area contributed by atoms with Gasteiger partial charge >= 0.3 is 0 Å². The van der Waals surface area contributed by atoms with E-state index in [0.717, 1.165) is 32.9 Å². The molecular formula is C19H19BrN4O. The highest BCUT2D eigenvalue weighted by Gasteiger charge is 2.15. The number of para-hydroxylation sites is 1. The van der Waals surface area contributed by atoms with E-state index in [1.54, 1.807) is 0 Å². The molecule has 3 rings (SSSR count). The Balaban J connectivity index is 1.70. The van der Waals surface area contributed by atoms with Crippen LogP contribution in [0.25, 0.3) is 5.69 Å². The summed E-state index contributed by atoms with van der Waals surface area (Å²) in [5.74, 6) is -0.112. The summed E-state index contributed by atoms with van der Waals surface area (Å²) in [4.78, 5) is 12.3. The number of aromatic nitrogens is 2. The molecule has 0 bridgehead atoms. The van der Waals surface area contributed by atoms with Crippen LogP contribution in [-0.2, 0) is 4.79 Å². The van der Waals surface area contributed by atoms with Gasteiger partial charge in [-0.3, -0.25) is 4.79 Å². The third-order valence-corrected chi connectivity index (χ3v) is 4.33. The zero-order chi connectivity index (χ0) is 17.8. The zero-order valence-electron chi connectivity index (χ0n) is 14.1. The van der Waals surface area contributed by atoms with Crippen molar-refractivity contribution in [2.45, 2.75) is 13.8 Å². The number of aryl methyl sites for hydroxylation is 1. The van der Waals surface area contributed by atoms with E-state index in [4.69, 9.17) is 0 Å². The normalized spacial score (nSPS) is 10.5. The van der Waals surface area contributed by atoms with E-state index < -0.39 is 0 Å². The van der Waals surface area contributed by atoms with Crippen LogP contribution in [0.3, 0.4) is 0 Å². The van der Waals surface area contributed by atoms with Gasteiger partial charge in [0.25, 0.3) is 0 Å². The van der Waals surface area contributed by atoms with Gasteiger partial charge in [0.15, 0.2) is 0 Å². The second kappa shape index (κ2) is 7.53. The molecule has 0 aliphatic heterocycles. The lowest BCUT2D eigenvalue weighted by atomic mass is 10.3. The highest BCUT2D eigenvalue weighted by molar-refractivity contribution is 9.10. The van der Waals surface area contributed by atoms with E-state index in [1.807, 2.05) is 73.1 Å². The minimum atomic E-state index is -0.112. The Morgan fingerprint density at radius 3 is 2.60 bits per heavy atom. The smallest absolute Gasteiger partial charge is 0.243 e. The SMILES string of the molecule is Cc1nn(-c2ccccc2)c(C)c1NC(=O)CNc1cccc(Br)c1. The zero-order valence-corrected chi connectivity index (χ0v) is 15.7. The topological polar surface area (TPSA) is 59.0 Å². The van der Waals surface area contributed by atoms with Crippen molar-refractivity contribution in [1.29, 1.82) is 0 Å². The number of rotatable bonds is 5. The molecule has 0 aliphatic rings. The lowest BCUT2D eigenvalue weighted by Crippen LogP contribution is -2.22. The molecule has 1 heterocycles. The van der Waals surface area contributed by atoms with Gasteiger partial charge in [0.1, 0.15) is 0 Å². The molecule has 0 aliphatic carbocycles. The van der Waals surface area contributed by atoms with Crippen LogP contribution in [0.4, 0.5) is 11.4 Å².